The van der Waals surface area contributed by atoms with Crippen molar-refractivity contribution in [3.05, 3.63) is 107 Å². The number of unbranched alkanes of at least 4 members (excludes halogenated alkanes) is 8. The Labute approximate surface area is 329 Å². The van der Waals surface area contributed by atoms with Crippen LogP contribution in [-0.4, -0.2) is 33.2 Å². The highest BCUT2D eigenvalue weighted by molar-refractivity contribution is 6.09. The van der Waals surface area contributed by atoms with E-state index in [-0.39, 0.29) is 5.97 Å². The van der Waals surface area contributed by atoms with Crippen LogP contribution >= 0.6 is 0 Å². The van der Waals surface area contributed by atoms with Crippen molar-refractivity contribution >= 4 is 49.6 Å². The third-order valence-electron chi connectivity index (χ3n) is 11.9. The number of benzene rings is 4. The van der Waals surface area contributed by atoms with E-state index in [4.69, 9.17) is 4.74 Å². The number of ether oxygens (including phenoxy) is 1. The van der Waals surface area contributed by atoms with E-state index in [2.05, 4.69) is 107 Å². The summed E-state index contributed by atoms with van der Waals surface area (Å²) in [4.78, 5) is 14.5. The molecule has 6 aromatic rings. The van der Waals surface area contributed by atoms with E-state index in [1.165, 1.54) is 117 Å². The summed E-state index contributed by atoms with van der Waals surface area (Å²) in [6.07, 6.45) is 16.6. The monoisotopic (exact) mass is 737 g/mol. The first-order valence-electron chi connectivity index (χ1n) is 21.6. The van der Waals surface area contributed by atoms with Crippen molar-refractivity contribution in [1.29, 1.82) is 0 Å². The van der Waals surface area contributed by atoms with Gasteiger partial charge in [-0.1, -0.05) is 83.2 Å². The molecule has 0 amide bonds. The highest BCUT2D eigenvalue weighted by Gasteiger charge is 2.18. The van der Waals surface area contributed by atoms with Crippen LogP contribution in [-0.2, 0) is 48.6 Å². The number of hydrogen-bond donors (Lipinski definition) is 0. The van der Waals surface area contributed by atoms with Crippen LogP contribution in [0.1, 0.15) is 120 Å². The molecule has 290 valence electrons. The Morgan fingerprint density at radius 1 is 0.600 bits per heavy atom. The zero-order valence-corrected chi connectivity index (χ0v) is 33.9. The highest BCUT2D eigenvalue weighted by atomic mass is 16.5. The first kappa shape index (κ1) is 38.9. The summed E-state index contributed by atoms with van der Waals surface area (Å²) in [7, 11) is 0. The molecule has 4 aromatic carbocycles. The minimum absolute atomic E-state index is 0.290. The number of esters is 1. The molecule has 2 aromatic heterocycles. The Morgan fingerprint density at radius 2 is 1.07 bits per heavy atom. The van der Waals surface area contributed by atoms with Crippen molar-refractivity contribution in [3.8, 4) is 0 Å². The van der Waals surface area contributed by atoms with E-state index in [9.17, 15) is 4.79 Å². The lowest BCUT2D eigenvalue weighted by molar-refractivity contribution is -0.139. The van der Waals surface area contributed by atoms with E-state index in [0.29, 0.717) is 12.2 Å². The molecule has 5 heteroatoms. The molecule has 0 radical (unpaired) electrons. The standard InChI is InChI=1S/C50H63N3O2/c1-5-7-9-12-17-38-19-23-46-42(31-38)44-33-40-21-25-48(44)52(46)28-16-29-53-47-24-20-39(18-13-10-8-6-2)32-43(47)45-34-41(22-26-49(45)53)36-51(35-40)27-14-11-15-30-55-50(54)37(3)4/h19-26,31-34H,3,5-18,27-30,35-36H2,1-2,4H3. The number of hydrogen-bond acceptors (Lipinski definition) is 3. The summed E-state index contributed by atoms with van der Waals surface area (Å²) in [5.41, 5.74) is 11.5. The van der Waals surface area contributed by atoms with Gasteiger partial charge in [0.25, 0.3) is 0 Å². The molecule has 0 fully saturated rings. The van der Waals surface area contributed by atoms with E-state index >= 15 is 0 Å². The molecule has 4 aliphatic heterocycles. The quantitative estimate of drug-likeness (QED) is 0.0531. The van der Waals surface area contributed by atoms with Crippen molar-refractivity contribution < 1.29 is 9.53 Å². The molecule has 0 unspecified atom stereocenters. The van der Waals surface area contributed by atoms with Crippen LogP contribution in [0.5, 0.6) is 0 Å². The summed E-state index contributed by atoms with van der Waals surface area (Å²) >= 11 is 0. The zero-order chi connectivity index (χ0) is 38.1. The third-order valence-corrected chi connectivity index (χ3v) is 11.9. The SMILES string of the molecule is C=C(C)C(=O)OCCCCCN1Cc2ccc3c(c2)c2cc(CCCCCC)ccc2n3CCCn2c3ccc(CCCCCC)cc3c3cc(ccc32)C1. The Kier molecular flexibility index (Phi) is 13.1. The second-order valence-electron chi connectivity index (χ2n) is 16.4. The predicted molar refractivity (Wildman–Crippen MR) is 233 cm³/mol. The van der Waals surface area contributed by atoms with E-state index in [0.717, 1.165) is 71.2 Å². The van der Waals surface area contributed by atoms with E-state index in [1.54, 1.807) is 6.92 Å². The van der Waals surface area contributed by atoms with Crippen LogP contribution in [0, 0.1) is 0 Å². The van der Waals surface area contributed by atoms with Gasteiger partial charge in [0.05, 0.1) is 6.61 Å². The molecule has 0 aliphatic carbocycles. The van der Waals surface area contributed by atoms with Gasteiger partial charge < -0.3 is 13.9 Å². The minimum Gasteiger partial charge on any atom is -0.462 e. The zero-order valence-electron chi connectivity index (χ0n) is 33.9. The van der Waals surface area contributed by atoms with Gasteiger partial charge in [0, 0.05) is 75.4 Å². The van der Waals surface area contributed by atoms with Crippen LogP contribution in [0.15, 0.2) is 84.9 Å². The first-order chi connectivity index (χ1) is 26.9. The molecule has 8 bridgehead atoms. The Balaban J connectivity index is 1.24. The van der Waals surface area contributed by atoms with Crippen molar-refractivity contribution in [1.82, 2.24) is 14.0 Å². The van der Waals surface area contributed by atoms with Gasteiger partial charge in [-0.05, 0) is 136 Å². The second-order valence-corrected chi connectivity index (χ2v) is 16.4. The molecule has 4 aliphatic rings. The number of carbonyl (C=O) groups is 1. The summed E-state index contributed by atoms with van der Waals surface area (Å²) in [6.45, 7) is 15.2. The van der Waals surface area contributed by atoms with Crippen LogP contribution in [0.3, 0.4) is 0 Å². The Hall–Kier alpha value is -4.35. The van der Waals surface area contributed by atoms with Gasteiger partial charge in [-0.15, -0.1) is 0 Å². The molecular formula is C50H63N3O2. The molecule has 55 heavy (non-hydrogen) atoms. The number of carbonyl (C=O) groups excluding carboxylic acids is 1. The fourth-order valence-corrected chi connectivity index (χ4v) is 8.92. The first-order valence-corrected chi connectivity index (χ1v) is 21.6. The number of aromatic nitrogens is 2. The lowest BCUT2D eigenvalue weighted by atomic mass is 10.0. The molecule has 0 spiro atoms. The molecule has 5 nitrogen and oxygen atoms in total. The topological polar surface area (TPSA) is 39.4 Å². The fourth-order valence-electron chi connectivity index (χ4n) is 8.92. The number of nitrogens with zero attached hydrogens (tertiary/aromatic N) is 3. The predicted octanol–water partition coefficient (Wildman–Crippen LogP) is 12.8. The molecular weight excluding hydrogens is 675 g/mol. The van der Waals surface area contributed by atoms with E-state index in [1.807, 2.05) is 0 Å². The van der Waals surface area contributed by atoms with Crippen molar-refractivity contribution in [2.75, 3.05) is 13.2 Å². The molecule has 0 saturated heterocycles. The van der Waals surface area contributed by atoms with Crippen LogP contribution in [0.4, 0.5) is 0 Å². The average Bonchev–Trinajstić information content (AvgIpc) is 3.66. The normalized spacial score (nSPS) is 13.8. The van der Waals surface area contributed by atoms with Gasteiger partial charge in [0.15, 0.2) is 0 Å². The summed E-state index contributed by atoms with van der Waals surface area (Å²) < 4.78 is 10.6. The van der Waals surface area contributed by atoms with Gasteiger partial charge in [0.1, 0.15) is 0 Å². The Bertz CT molecular complexity index is 2110. The van der Waals surface area contributed by atoms with Crippen molar-refractivity contribution in [3.63, 3.8) is 0 Å². The van der Waals surface area contributed by atoms with Gasteiger partial charge in [-0.3, -0.25) is 4.90 Å². The van der Waals surface area contributed by atoms with Crippen LogP contribution < -0.4 is 0 Å². The molecule has 0 saturated carbocycles. The molecule has 10 rings (SSSR count). The molecule has 0 N–H and O–H groups in total. The second kappa shape index (κ2) is 18.5. The highest BCUT2D eigenvalue weighted by Crippen LogP contribution is 2.35. The van der Waals surface area contributed by atoms with Gasteiger partial charge in [-0.2, -0.15) is 0 Å². The Morgan fingerprint density at radius 3 is 1.56 bits per heavy atom. The molecule has 0 atom stereocenters. The minimum atomic E-state index is -0.290. The van der Waals surface area contributed by atoms with Gasteiger partial charge >= 0.3 is 5.97 Å². The maximum Gasteiger partial charge on any atom is 0.333 e. The number of aryl methyl sites for hydroxylation is 4. The van der Waals surface area contributed by atoms with Crippen molar-refractivity contribution in [2.45, 2.75) is 137 Å². The van der Waals surface area contributed by atoms with Gasteiger partial charge in [-0.25, -0.2) is 4.79 Å². The number of fused-ring (bicyclic) bond motifs is 2. The smallest absolute Gasteiger partial charge is 0.333 e. The van der Waals surface area contributed by atoms with Crippen LogP contribution in [0.2, 0.25) is 0 Å². The number of rotatable bonds is 17. The molecule has 6 heterocycles. The third kappa shape index (κ3) is 9.21. The van der Waals surface area contributed by atoms with Crippen molar-refractivity contribution in [2.24, 2.45) is 0 Å². The van der Waals surface area contributed by atoms with Gasteiger partial charge in [0.2, 0.25) is 0 Å². The maximum absolute atomic E-state index is 11.9. The fraction of sp³-hybridized carbons (Fsp3) is 0.460. The summed E-state index contributed by atoms with van der Waals surface area (Å²) in [6, 6.07) is 29.1. The van der Waals surface area contributed by atoms with E-state index < -0.39 is 0 Å². The summed E-state index contributed by atoms with van der Waals surface area (Å²) in [5.74, 6) is -0.290. The lowest BCUT2D eigenvalue weighted by Crippen LogP contribution is -2.24. The largest absolute Gasteiger partial charge is 0.462 e. The van der Waals surface area contributed by atoms with Crippen LogP contribution in [0.25, 0.3) is 43.6 Å². The maximum atomic E-state index is 11.9. The average molecular weight is 738 g/mol. The lowest BCUT2D eigenvalue weighted by Gasteiger charge is -2.23. The summed E-state index contributed by atoms with van der Waals surface area (Å²) in [5, 5.41) is 5.57.